The summed E-state index contributed by atoms with van der Waals surface area (Å²) in [6.07, 6.45) is 1.44. The maximum Gasteiger partial charge on any atom is 0.337 e. The van der Waals surface area contributed by atoms with Gasteiger partial charge in [0.05, 0.1) is 12.7 Å². The summed E-state index contributed by atoms with van der Waals surface area (Å²) in [5.41, 5.74) is 2.95. The number of esters is 1. The molecule has 0 heterocycles. The number of para-hydroxylation sites is 1. The summed E-state index contributed by atoms with van der Waals surface area (Å²) in [6, 6.07) is 22.1. The molecule has 0 bridgehead atoms. The highest BCUT2D eigenvalue weighted by atomic mass is 16.5. The van der Waals surface area contributed by atoms with Crippen molar-refractivity contribution in [2.75, 3.05) is 24.4 Å². The largest absolute Gasteiger partial charge is 0.484 e. The fraction of sp³-hybridized carbons (Fsp3) is 0.111. The lowest BCUT2D eigenvalue weighted by Crippen LogP contribution is -2.20. The average Bonchev–Trinajstić information content (AvgIpc) is 2.88. The van der Waals surface area contributed by atoms with Crippen molar-refractivity contribution >= 4 is 35.2 Å². The van der Waals surface area contributed by atoms with E-state index >= 15 is 0 Å². The molecule has 8 nitrogen and oxygen atoms in total. The van der Waals surface area contributed by atoms with Crippen LogP contribution in [0.2, 0.25) is 0 Å². The second-order valence-corrected chi connectivity index (χ2v) is 7.41. The number of ether oxygens (including phenoxy) is 2. The Morgan fingerprint density at radius 2 is 1.63 bits per heavy atom. The molecule has 0 aromatic heterocycles. The zero-order valence-electron chi connectivity index (χ0n) is 19.2. The number of methoxy groups -OCH3 is 1. The molecule has 0 aliphatic carbocycles. The van der Waals surface area contributed by atoms with Gasteiger partial charge in [0.2, 0.25) is 0 Å². The highest BCUT2D eigenvalue weighted by molar-refractivity contribution is 6.09. The van der Waals surface area contributed by atoms with Crippen LogP contribution in [0.5, 0.6) is 5.75 Å². The molecule has 3 aromatic rings. The predicted molar refractivity (Wildman–Crippen MR) is 132 cm³/mol. The quantitative estimate of drug-likeness (QED) is 0.288. The van der Waals surface area contributed by atoms with Crippen molar-refractivity contribution in [3.8, 4) is 11.8 Å². The summed E-state index contributed by atoms with van der Waals surface area (Å²) in [7, 11) is 1.28. The zero-order chi connectivity index (χ0) is 25.2. The van der Waals surface area contributed by atoms with Crippen molar-refractivity contribution in [2.45, 2.75) is 6.92 Å². The smallest absolute Gasteiger partial charge is 0.337 e. The third-order valence-corrected chi connectivity index (χ3v) is 4.91. The first-order chi connectivity index (χ1) is 16.9. The lowest BCUT2D eigenvalue weighted by atomic mass is 10.1. The van der Waals surface area contributed by atoms with E-state index in [0.717, 1.165) is 11.3 Å². The van der Waals surface area contributed by atoms with Gasteiger partial charge in [-0.3, -0.25) is 9.59 Å². The number of amides is 2. The highest BCUT2D eigenvalue weighted by Crippen LogP contribution is 2.17. The summed E-state index contributed by atoms with van der Waals surface area (Å²) in [5.74, 6) is -0.895. The van der Waals surface area contributed by atoms with Gasteiger partial charge in [0.25, 0.3) is 11.8 Å². The monoisotopic (exact) mass is 469 g/mol. The van der Waals surface area contributed by atoms with Gasteiger partial charge < -0.3 is 20.1 Å². The van der Waals surface area contributed by atoms with Crippen molar-refractivity contribution in [1.82, 2.24) is 0 Å². The summed E-state index contributed by atoms with van der Waals surface area (Å²) in [5, 5.41) is 14.8. The zero-order valence-corrected chi connectivity index (χ0v) is 19.2. The number of nitriles is 1. The normalized spacial score (nSPS) is 10.6. The molecular formula is C27H23N3O5. The predicted octanol–water partition coefficient (Wildman–Crippen LogP) is 4.34. The van der Waals surface area contributed by atoms with Crippen LogP contribution in [0.3, 0.4) is 0 Å². The molecule has 3 rings (SSSR count). The van der Waals surface area contributed by atoms with Crippen molar-refractivity contribution in [3.05, 3.63) is 95.1 Å². The van der Waals surface area contributed by atoms with E-state index in [1.165, 1.54) is 25.3 Å². The van der Waals surface area contributed by atoms with E-state index in [0.29, 0.717) is 22.6 Å². The van der Waals surface area contributed by atoms with Gasteiger partial charge in [-0.15, -0.1) is 0 Å². The number of nitrogens with zero attached hydrogens (tertiary/aromatic N) is 1. The fourth-order valence-electron chi connectivity index (χ4n) is 3.03. The number of nitrogens with one attached hydrogen (secondary N) is 2. The Balaban J connectivity index is 1.57. The van der Waals surface area contributed by atoms with Crippen LogP contribution in [-0.4, -0.2) is 31.5 Å². The fourth-order valence-corrected chi connectivity index (χ4v) is 3.03. The van der Waals surface area contributed by atoms with Crippen LogP contribution in [0.25, 0.3) is 6.08 Å². The van der Waals surface area contributed by atoms with Gasteiger partial charge >= 0.3 is 5.97 Å². The standard InChI is InChI=1S/C27H23N3O5/c1-18-5-3-4-6-24(18)30-25(31)17-35-23-13-7-19(8-14-23)15-21(16-28)26(32)29-22-11-9-20(10-12-22)27(33)34-2/h3-15H,17H2,1-2H3,(H,29,32)(H,30,31)/b21-15-. The Morgan fingerprint density at radius 1 is 0.943 bits per heavy atom. The molecule has 0 unspecified atom stereocenters. The Kier molecular flexibility index (Phi) is 8.35. The lowest BCUT2D eigenvalue weighted by molar-refractivity contribution is -0.118. The topological polar surface area (TPSA) is 118 Å². The van der Waals surface area contributed by atoms with Gasteiger partial charge in [0.1, 0.15) is 17.4 Å². The molecule has 0 aliphatic heterocycles. The van der Waals surface area contributed by atoms with Crippen molar-refractivity contribution in [3.63, 3.8) is 0 Å². The summed E-state index contributed by atoms with van der Waals surface area (Å²) in [6.45, 7) is 1.74. The molecule has 0 saturated heterocycles. The first-order valence-corrected chi connectivity index (χ1v) is 10.6. The van der Waals surface area contributed by atoms with Crippen LogP contribution < -0.4 is 15.4 Å². The number of rotatable bonds is 8. The van der Waals surface area contributed by atoms with E-state index in [1.807, 2.05) is 37.3 Å². The number of hydrogen-bond acceptors (Lipinski definition) is 6. The first kappa shape index (κ1) is 24.7. The number of carbonyl (C=O) groups is 3. The van der Waals surface area contributed by atoms with Crippen LogP contribution in [0, 0.1) is 18.3 Å². The molecular weight excluding hydrogens is 446 g/mol. The number of benzene rings is 3. The molecule has 0 fully saturated rings. The van der Waals surface area contributed by atoms with Crippen molar-refractivity contribution < 1.29 is 23.9 Å². The summed E-state index contributed by atoms with van der Waals surface area (Å²) < 4.78 is 10.2. The molecule has 0 radical (unpaired) electrons. The molecule has 0 saturated carbocycles. The summed E-state index contributed by atoms with van der Waals surface area (Å²) >= 11 is 0. The van der Waals surface area contributed by atoms with E-state index < -0.39 is 11.9 Å². The Hall–Kier alpha value is -4.90. The van der Waals surface area contributed by atoms with E-state index in [9.17, 15) is 19.6 Å². The third-order valence-electron chi connectivity index (χ3n) is 4.91. The van der Waals surface area contributed by atoms with E-state index in [-0.39, 0.29) is 18.1 Å². The Morgan fingerprint density at radius 3 is 2.26 bits per heavy atom. The summed E-state index contributed by atoms with van der Waals surface area (Å²) in [4.78, 5) is 36.1. The second-order valence-electron chi connectivity index (χ2n) is 7.41. The van der Waals surface area contributed by atoms with Crippen LogP contribution in [0.1, 0.15) is 21.5 Å². The van der Waals surface area contributed by atoms with Crippen LogP contribution >= 0.6 is 0 Å². The number of aryl methyl sites for hydroxylation is 1. The number of hydrogen-bond donors (Lipinski definition) is 2. The van der Waals surface area contributed by atoms with Crippen molar-refractivity contribution in [2.24, 2.45) is 0 Å². The van der Waals surface area contributed by atoms with E-state index in [4.69, 9.17) is 4.74 Å². The molecule has 3 aromatic carbocycles. The maximum atomic E-state index is 12.5. The molecule has 0 spiro atoms. The second kappa shape index (κ2) is 11.8. The van der Waals surface area contributed by atoms with Crippen LogP contribution in [0.15, 0.2) is 78.4 Å². The lowest BCUT2D eigenvalue weighted by Gasteiger charge is -2.09. The van der Waals surface area contributed by atoms with Gasteiger partial charge in [-0.2, -0.15) is 5.26 Å². The molecule has 8 heteroatoms. The Bertz CT molecular complexity index is 1290. The first-order valence-electron chi connectivity index (χ1n) is 10.6. The molecule has 35 heavy (non-hydrogen) atoms. The van der Waals surface area contributed by atoms with Gasteiger partial charge in [0, 0.05) is 11.4 Å². The number of carbonyl (C=O) groups excluding carboxylic acids is 3. The highest BCUT2D eigenvalue weighted by Gasteiger charge is 2.11. The molecule has 0 atom stereocenters. The SMILES string of the molecule is COC(=O)c1ccc(NC(=O)/C(C#N)=C\c2ccc(OCC(=O)Nc3ccccc3C)cc2)cc1. The minimum absolute atomic E-state index is 0.103. The molecule has 2 N–H and O–H groups in total. The molecule has 2 amide bonds. The maximum absolute atomic E-state index is 12.5. The van der Waals surface area contributed by atoms with Gasteiger partial charge in [-0.25, -0.2) is 4.79 Å². The third kappa shape index (κ3) is 7.04. The van der Waals surface area contributed by atoms with E-state index in [2.05, 4.69) is 15.4 Å². The minimum atomic E-state index is -0.591. The van der Waals surface area contributed by atoms with Gasteiger partial charge in [-0.1, -0.05) is 30.3 Å². The van der Waals surface area contributed by atoms with Crippen LogP contribution in [-0.2, 0) is 14.3 Å². The van der Waals surface area contributed by atoms with Crippen LogP contribution in [0.4, 0.5) is 11.4 Å². The molecule has 176 valence electrons. The Labute approximate surface area is 202 Å². The van der Waals surface area contributed by atoms with Gasteiger partial charge in [0.15, 0.2) is 6.61 Å². The minimum Gasteiger partial charge on any atom is -0.484 e. The van der Waals surface area contributed by atoms with Crippen molar-refractivity contribution in [1.29, 1.82) is 5.26 Å². The number of anilines is 2. The molecule has 0 aliphatic rings. The van der Waals surface area contributed by atoms with Gasteiger partial charge in [-0.05, 0) is 66.6 Å². The van der Waals surface area contributed by atoms with E-state index in [1.54, 1.807) is 36.4 Å². The average molecular weight is 469 g/mol.